The lowest BCUT2D eigenvalue weighted by Crippen LogP contribution is -2.21. The monoisotopic (exact) mass is 297 g/mol. The quantitative estimate of drug-likeness (QED) is 0.870. The van der Waals surface area contributed by atoms with Crippen molar-refractivity contribution in [1.82, 2.24) is 5.32 Å². The van der Waals surface area contributed by atoms with Crippen molar-refractivity contribution in [2.45, 2.75) is 33.0 Å². The smallest absolute Gasteiger partial charge is 0.146 e. The summed E-state index contributed by atoms with van der Waals surface area (Å²) in [5.41, 5.74) is 0. The molecule has 0 bridgehead atoms. The molecule has 108 valence electrons. The van der Waals surface area contributed by atoms with Gasteiger partial charge in [0.25, 0.3) is 0 Å². The van der Waals surface area contributed by atoms with Gasteiger partial charge in [0.2, 0.25) is 0 Å². The van der Waals surface area contributed by atoms with Crippen LogP contribution in [-0.4, -0.2) is 6.04 Å². The topological polar surface area (TPSA) is 34.4 Å². The van der Waals surface area contributed by atoms with Crippen molar-refractivity contribution in [3.63, 3.8) is 0 Å². The molecule has 3 nitrogen and oxygen atoms in total. The van der Waals surface area contributed by atoms with E-state index in [1.54, 1.807) is 6.07 Å². The van der Waals surface area contributed by atoms with E-state index >= 15 is 0 Å². The van der Waals surface area contributed by atoms with E-state index in [0.717, 1.165) is 5.76 Å². The average molecular weight is 298 g/mol. The molecule has 0 saturated heterocycles. The summed E-state index contributed by atoms with van der Waals surface area (Å²) in [6, 6.07) is 8.49. The standard InChI is InChI=1S/C15H17ClFNO2/c1-10(2)18-8-12-3-4-13(20-12)9-19-11-5-6-14(16)15(17)7-11/h3-7,10,18H,8-9H2,1-2H3. The second kappa shape index (κ2) is 6.77. The predicted molar refractivity (Wildman–Crippen MR) is 76.4 cm³/mol. The van der Waals surface area contributed by atoms with Crippen LogP contribution in [0.3, 0.4) is 0 Å². The Kier molecular flexibility index (Phi) is 5.04. The minimum absolute atomic E-state index is 0.0809. The van der Waals surface area contributed by atoms with Crippen molar-refractivity contribution in [2.75, 3.05) is 0 Å². The molecule has 0 saturated carbocycles. The molecule has 1 aromatic carbocycles. The molecular formula is C15H17ClFNO2. The zero-order valence-corrected chi connectivity index (χ0v) is 12.2. The van der Waals surface area contributed by atoms with Gasteiger partial charge in [-0.05, 0) is 24.3 Å². The SMILES string of the molecule is CC(C)NCc1ccc(COc2ccc(Cl)c(F)c2)o1. The molecule has 0 radical (unpaired) electrons. The van der Waals surface area contributed by atoms with Crippen molar-refractivity contribution in [3.05, 3.63) is 52.7 Å². The maximum absolute atomic E-state index is 13.2. The third kappa shape index (κ3) is 4.25. The van der Waals surface area contributed by atoms with Gasteiger partial charge in [0, 0.05) is 12.1 Å². The summed E-state index contributed by atoms with van der Waals surface area (Å²) in [4.78, 5) is 0. The van der Waals surface area contributed by atoms with Crippen molar-refractivity contribution in [3.8, 4) is 5.75 Å². The fourth-order valence-electron chi connectivity index (χ4n) is 1.62. The molecule has 2 aromatic rings. The minimum atomic E-state index is -0.495. The van der Waals surface area contributed by atoms with Crippen molar-refractivity contribution in [1.29, 1.82) is 0 Å². The van der Waals surface area contributed by atoms with Gasteiger partial charge >= 0.3 is 0 Å². The van der Waals surface area contributed by atoms with Crippen LogP contribution < -0.4 is 10.1 Å². The first-order valence-electron chi connectivity index (χ1n) is 6.43. The lowest BCUT2D eigenvalue weighted by atomic mass is 10.3. The summed E-state index contributed by atoms with van der Waals surface area (Å²) in [6.07, 6.45) is 0. The number of hydrogen-bond donors (Lipinski definition) is 1. The van der Waals surface area contributed by atoms with Gasteiger partial charge in [-0.2, -0.15) is 0 Å². The van der Waals surface area contributed by atoms with E-state index in [1.807, 2.05) is 12.1 Å². The maximum atomic E-state index is 13.2. The van der Waals surface area contributed by atoms with Crippen LogP contribution in [-0.2, 0) is 13.2 Å². The van der Waals surface area contributed by atoms with Crippen LogP contribution in [0.2, 0.25) is 5.02 Å². The normalized spacial score (nSPS) is 11.1. The molecule has 0 atom stereocenters. The minimum Gasteiger partial charge on any atom is -0.486 e. The van der Waals surface area contributed by atoms with E-state index < -0.39 is 5.82 Å². The van der Waals surface area contributed by atoms with Crippen LogP contribution in [0, 0.1) is 5.82 Å². The first-order valence-corrected chi connectivity index (χ1v) is 6.81. The maximum Gasteiger partial charge on any atom is 0.146 e. The molecule has 0 aliphatic rings. The molecule has 2 rings (SSSR count). The highest BCUT2D eigenvalue weighted by atomic mass is 35.5. The third-order valence-corrected chi connectivity index (χ3v) is 2.98. The van der Waals surface area contributed by atoms with Gasteiger partial charge in [0.05, 0.1) is 11.6 Å². The molecule has 0 fully saturated rings. The summed E-state index contributed by atoms with van der Waals surface area (Å²) in [5.74, 6) is 1.47. The molecule has 0 aliphatic heterocycles. The van der Waals surface area contributed by atoms with Crippen molar-refractivity contribution < 1.29 is 13.5 Å². The highest BCUT2D eigenvalue weighted by molar-refractivity contribution is 6.30. The number of furan rings is 1. The van der Waals surface area contributed by atoms with Crippen molar-refractivity contribution >= 4 is 11.6 Å². The van der Waals surface area contributed by atoms with Crippen LogP contribution in [0.4, 0.5) is 4.39 Å². The number of halogens is 2. The van der Waals surface area contributed by atoms with E-state index in [-0.39, 0.29) is 11.6 Å². The van der Waals surface area contributed by atoms with E-state index in [0.29, 0.717) is 24.1 Å². The number of ether oxygens (including phenoxy) is 1. The van der Waals surface area contributed by atoms with E-state index in [4.69, 9.17) is 20.8 Å². The lowest BCUT2D eigenvalue weighted by Gasteiger charge is -2.06. The number of hydrogen-bond acceptors (Lipinski definition) is 3. The van der Waals surface area contributed by atoms with E-state index in [2.05, 4.69) is 19.2 Å². The zero-order valence-electron chi connectivity index (χ0n) is 11.5. The Bertz CT molecular complexity index is 569. The average Bonchev–Trinajstić information content (AvgIpc) is 2.86. The van der Waals surface area contributed by atoms with Crippen LogP contribution in [0.25, 0.3) is 0 Å². The molecule has 0 amide bonds. The van der Waals surface area contributed by atoms with Crippen LogP contribution in [0.15, 0.2) is 34.7 Å². The molecular weight excluding hydrogens is 281 g/mol. The largest absolute Gasteiger partial charge is 0.486 e. The molecule has 1 N–H and O–H groups in total. The predicted octanol–water partition coefficient (Wildman–Crippen LogP) is 4.15. The van der Waals surface area contributed by atoms with Crippen LogP contribution in [0.5, 0.6) is 5.75 Å². The fraction of sp³-hybridized carbons (Fsp3) is 0.333. The Morgan fingerprint density at radius 1 is 1.25 bits per heavy atom. The fourth-order valence-corrected chi connectivity index (χ4v) is 1.74. The van der Waals surface area contributed by atoms with E-state index in [1.165, 1.54) is 12.1 Å². The second-order valence-electron chi connectivity index (χ2n) is 4.77. The Labute approximate surface area is 122 Å². The van der Waals surface area contributed by atoms with Gasteiger partial charge in [0.1, 0.15) is 29.7 Å². The highest BCUT2D eigenvalue weighted by Crippen LogP contribution is 2.21. The Morgan fingerprint density at radius 3 is 2.70 bits per heavy atom. The Morgan fingerprint density at radius 2 is 2.00 bits per heavy atom. The van der Waals surface area contributed by atoms with Crippen LogP contribution >= 0.6 is 11.6 Å². The van der Waals surface area contributed by atoms with Gasteiger partial charge in [0.15, 0.2) is 0 Å². The molecule has 0 aliphatic carbocycles. The second-order valence-corrected chi connectivity index (χ2v) is 5.18. The van der Waals surface area contributed by atoms with Crippen LogP contribution in [0.1, 0.15) is 25.4 Å². The molecule has 1 aromatic heterocycles. The van der Waals surface area contributed by atoms with Gasteiger partial charge in [-0.1, -0.05) is 25.4 Å². The molecule has 5 heteroatoms. The molecule has 0 spiro atoms. The number of benzene rings is 1. The highest BCUT2D eigenvalue weighted by Gasteiger charge is 2.05. The van der Waals surface area contributed by atoms with Gasteiger partial charge in [-0.3, -0.25) is 0 Å². The number of nitrogens with one attached hydrogen (secondary N) is 1. The Hall–Kier alpha value is -1.52. The summed E-state index contributed by atoms with van der Waals surface area (Å²) >= 11 is 5.61. The number of rotatable bonds is 6. The lowest BCUT2D eigenvalue weighted by molar-refractivity contribution is 0.263. The van der Waals surface area contributed by atoms with Gasteiger partial charge < -0.3 is 14.5 Å². The van der Waals surface area contributed by atoms with Crippen molar-refractivity contribution in [2.24, 2.45) is 0 Å². The Balaban J connectivity index is 1.89. The molecule has 1 heterocycles. The first-order chi connectivity index (χ1) is 9.54. The van der Waals surface area contributed by atoms with E-state index in [9.17, 15) is 4.39 Å². The zero-order chi connectivity index (χ0) is 14.5. The molecule has 0 unspecified atom stereocenters. The first kappa shape index (κ1) is 14.9. The van der Waals surface area contributed by atoms with Gasteiger partial charge in [-0.15, -0.1) is 0 Å². The summed E-state index contributed by atoms with van der Waals surface area (Å²) in [5, 5.41) is 3.34. The summed E-state index contributed by atoms with van der Waals surface area (Å²) in [6.45, 7) is 5.07. The third-order valence-electron chi connectivity index (χ3n) is 2.67. The summed E-state index contributed by atoms with van der Waals surface area (Å²) in [7, 11) is 0. The van der Waals surface area contributed by atoms with Gasteiger partial charge in [-0.25, -0.2) is 4.39 Å². The summed E-state index contributed by atoms with van der Waals surface area (Å²) < 4.78 is 24.3. The molecule has 20 heavy (non-hydrogen) atoms.